The average molecular weight is 341 g/mol. The first-order valence-electron chi connectivity index (χ1n) is 7.06. The fraction of sp³-hybridized carbons (Fsp3) is 0.533. The van der Waals surface area contributed by atoms with Gasteiger partial charge in [-0.15, -0.1) is 0 Å². The maximum atomic E-state index is 12.2. The molecule has 1 saturated carbocycles. The van der Waals surface area contributed by atoms with Crippen LogP contribution in [0.4, 0.5) is 5.69 Å². The first-order chi connectivity index (χ1) is 9.50. The maximum absolute atomic E-state index is 12.2. The highest BCUT2D eigenvalue weighted by atomic mass is 79.9. The summed E-state index contributed by atoms with van der Waals surface area (Å²) in [5.74, 6) is -0.207. The van der Waals surface area contributed by atoms with Crippen molar-refractivity contribution in [3.8, 4) is 0 Å². The van der Waals surface area contributed by atoms with Gasteiger partial charge in [0.25, 0.3) is 5.91 Å². The number of hydrogen-bond acceptors (Lipinski definition) is 3. The van der Waals surface area contributed by atoms with Crippen molar-refractivity contribution in [3.05, 3.63) is 28.2 Å². The molecule has 4 N–H and O–H groups in total. The van der Waals surface area contributed by atoms with E-state index in [0.717, 1.165) is 38.5 Å². The topological polar surface area (TPSA) is 75.4 Å². The summed E-state index contributed by atoms with van der Waals surface area (Å²) in [4.78, 5) is 12.2. The Labute approximate surface area is 127 Å². The predicted octanol–water partition coefficient (Wildman–Crippen LogP) is 2.85. The molecule has 0 bridgehead atoms. The number of rotatable bonds is 3. The Bertz CT molecular complexity index is 483. The molecule has 0 aliphatic heterocycles. The van der Waals surface area contributed by atoms with Gasteiger partial charge in [0, 0.05) is 16.7 Å². The zero-order valence-electron chi connectivity index (χ0n) is 11.5. The highest BCUT2D eigenvalue weighted by Gasteiger charge is 2.28. The number of anilines is 1. The number of hydrogen-bond donors (Lipinski definition) is 3. The Hall–Kier alpha value is -1.07. The number of amides is 1. The number of nitrogen functional groups attached to an aromatic ring is 1. The largest absolute Gasteiger partial charge is 0.399 e. The summed E-state index contributed by atoms with van der Waals surface area (Å²) in [5.41, 5.74) is 5.99. The average Bonchev–Trinajstić information content (AvgIpc) is 2.64. The molecule has 1 amide bonds. The second-order valence-corrected chi connectivity index (χ2v) is 6.41. The van der Waals surface area contributed by atoms with Gasteiger partial charge >= 0.3 is 0 Å². The smallest absolute Gasteiger partial charge is 0.252 e. The molecule has 20 heavy (non-hydrogen) atoms. The van der Waals surface area contributed by atoms with Crippen LogP contribution in [0.15, 0.2) is 22.7 Å². The lowest BCUT2D eigenvalue weighted by Crippen LogP contribution is -2.42. The predicted molar refractivity (Wildman–Crippen MR) is 83.5 cm³/mol. The standard InChI is InChI=1S/C15H21BrN2O2/c16-13-6-5-11(17)9-12(13)14(19)18-10-15(20)7-3-1-2-4-8-15/h5-6,9,20H,1-4,7-8,10,17H2,(H,18,19). The van der Waals surface area contributed by atoms with E-state index < -0.39 is 5.60 Å². The molecule has 110 valence electrons. The van der Waals surface area contributed by atoms with Gasteiger partial charge in [0.2, 0.25) is 0 Å². The van der Waals surface area contributed by atoms with Crippen molar-refractivity contribution in [2.75, 3.05) is 12.3 Å². The Kier molecular flexibility index (Phi) is 5.05. The molecule has 2 rings (SSSR count). The summed E-state index contributed by atoms with van der Waals surface area (Å²) in [5, 5.41) is 13.4. The molecular weight excluding hydrogens is 320 g/mol. The molecule has 1 aliphatic rings. The molecule has 0 unspecified atom stereocenters. The molecule has 5 heteroatoms. The van der Waals surface area contributed by atoms with Gasteiger partial charge < -0.3 is 16.2 Å². The number of halogens is 1. The molecule has 0 heterocycles. The van der Waals surface area contributed by atoms with Crippen LogP contribution in [0, 0.1) is 0 Å². The van der Waals surface area contributed by atoms with Crippen LogP contribution in [0.25, 0.3) is 0 Å². The summed E-state index contributed by atoms with van der Waals surface area (Å²) in [6.07, 6.45) is 5.88. The van der Waals surface area contributed by atoms with Gasteiger partial charge in [0.15, 0.2) is 0 Å². The van der Waals surface area contributed by atoms with E-state index in [-0.39, 0.29) is 5.91 Å². The zero-order chi connectivity index (χ0) is 14.6. The van der Waals surface area contributed by atoms with Crippen molar-refractivity contribution in [2.24, 2.45) is 0 Å². The van der Waals surface area contributed by atoms with Crippen LogP contribution in [-0.2, 0) is 0 Å². The highest BCUT2D eigenvalue weighted by Crippen LogP contribution is 2.26. The van der Waals surface area contributed by atoms with Crippen molar-refractivity contribution in [2.45, 2.75) is 44.1 Å². The van der Waals surface area contributed by atoms with E-state index >= 15 is 0 Å². The van der Waals surface area contributed by atoms with Crippen LogP contribution >= 0.6 is 15.9 Å². The number of carbonyl (C=O) groups excluding carboxylic acids is 1. The van der Waals surface area contributed by atoms with Gasteiger partial charge in [-0.05, 0) is 47.0 Å². The first-order valence-corrected chi connectivity index (χ1v) is 7.85. The van der Waals surface area contributed by atoms with Gasteiger partial charge in [0.1, 0.15) is 0 Å². The Morgan fingerprint density at radius 1 is 1.30 bits per heavy atom. The van der Waals surface area contributed by atoms with Gasteiger partial charge in [-0.1, -0.05) is 25.7 Å². The molecule has 1 aliphatic carbocycles. The molecule has 0 atom stereocenters. The van der Waals surface area contributed by atoms with E-state index in [1.54, 1.807) is 18.2 Å². The lowest BCUT2D eigenvalue weighted by Gasteiger charge is -2.26. The molecular formula is C15H21BrN2O2. The minimum Gasteiger partial charge on any atom is -0.399 e. The normalized spacial score (nSPS) is 18.3. The fourth-order valence-electron chi connectivity index (χ4n) is 2.62. The lowest BCUT2D eigenvalue weighted by atomic mass is 9.94. The Balaban J connectivity index is 1.99. The molecule has 0 spiro atoms. The molecule has 4 nitrogen and oxygen atoms in total. The summed E-state index contributed by atoms with van der Waals surface area (Å²) < 4.78 is 0.706. The zero-order valence-corrected chi connectivity index (χ0v) is 13.1. The van der Waals surface area contributed by atoms with Crippen LogP contribution in [0.5, 0.6) is 0 Å². The van der Waals surface area contributed by atoms with E-state index in [1.807, 2.05) is 0 Å². The minimum atomic E-state index is -0.765. The maximum Gasteiger partial charge on any atom is 0.252 e. The number of nitrogens with two attached hydrogens (primary N) is 1. The first kappa shape index (κ1) is 15.3. The molecule has 1 fully saturated rings. The number of aliphatic hydroxyl groups is 1. The van der Waals surface area contributed by atoms with Crippen molar-refractivity contribution >= 4 is 27.5 Å². The summed E-state index contributed by atoms with van der Waals surface area (Å²) in [6.45, 7) is 0.299. The number of nitrogens with one attached hydrogen (secondary N) is 1. The third-order valence-corrected chi connectivity index (χ3v) is 4.54. The number of benzene rings is 1. The Morgan fingerprint density at radius 2 is 1.95 bits per heavy atom. The molecule has 1 aromatic carbocycles. The van der Waals surface area contributed by atoms with Crippen LogP contribution in [0.1, 0.15) is 48.9 Å². The van der Waals surface area contributed by atoms with Crippen molar-refractivity contribution in [1.82, 2.24) is 5.32 Å². The lowest BCUT2D eigenvalue weighted by molar-refractivity contribution is 0.0246. The van der Waals surface area contributed by atoms with E-state index in [9.17, 15) is 9.90 Å². The van der Waals surface area contributed by atoms with Crippen molar-refractivity contribution in [3.63, 3.8) is 0 Å². The van der Waals surface area contributed by atoms with E-state index in [2.05, 4.69) is 21.2 Å². The van der Waals surface area contributed by atoms with Crippen molar-refractivity contribution in [1.29, 1.82) is 0 Å². The van der Waals surface area contributed by atoms with E-state index in [4.69, 9.17) is 5.73 Å². The summed E-state index contributed by atoms with van der Waals surface area (Å²) in [6, 6.07) is 5.13. The van der Waals surface area contributed by atoms with E-state index in [1.165, 1.54) is 0 Å². The molecule has 0 radical (unpaired) electrons. The van der Waals surface area contributed by atoms with E-state index in [0.29, 0.717) is 22.3 Å². The summed E-state index contributed by atoms with van der Waals surface area (Å²) in [7, 11) is 0. The second-order valence-electron chi connectivity index (χ2n) is 5.56. The van der Waals surface area contributed by atoms with Crippen molar-refractivity contribution < 1.29 is 9.90 Å². The highest BCUT2D eigenvalue weighted by molar-refractivity contribution is 9.10. The molecule has 0 saturated heterocycles. The fourth-order valence-corrected chi connectivity index (χ4v) is 3.05. The number of carbonyl (C=O) groups is 1. The summed E-state index contributed by atoms with van der Waals surface area (Å²) >= 11 is 3.34. The molecule has 0 aromatic heterocycles. The third kappa shape index (κ3) is 3.96. The SMILES string of the molecule is Nc1ccc(Br)c(C(=O)NCC2(O)CCCCCC2)c1. The quantitative estimate of drug-likeness (QED) is 0.585. The minimum absolute atomic E-state index is 0.207. The van der Waals surface area contributed by atoms with Crippen LogP contribution in [0.2, 0.25) is 0 Å². The van der Waals surface area contributed by atoms with Gasteiger partial charge in [-0.3, -0.25) is 4.79 Å². The van der Waals surface area contributed by atoms with Crippen LogP contribution < -0.4 is 11.1 Å². The third-order valence-electron chi connectivity index (χ3n) is 3.85. The second kappa shape index (κ2) is 6.59. The van der Waals surface area contributed by atoms with Gasteiger partial charge in [0.05, 0.1) is 11.2 Å². The van der Waals surface area contributed by atoms with Crippen LogP contribution in [-0.4, -0.2) is 23.2 Å². The monoisotopic (exact) mass is 340 g/mol. The van der Waals surface area contributed by atoms with Crippen LogP contribution in [0.3, 0.4) is 0 Å². The van der Waals surface area contributed by atoms with Gasteiger partial charge in [-0.2, -0.15) is 0 Å². The molecule has 1 aromatic rings. The van der Waals surface area contributed by atoms with Gasteiger partial charge in [-0.25, -0.2) is 0 Å². The Morgan fingerprint density at radius 3 is 2.60 bits per heavy atom.